The lowest BCUT2D eigenvalue weighted by Crippen LogP contribution is -2.15. The van der Waals surface area contributed by atoms with E-state index in [1.807, 2.05) is 12.1 Å². The minimum absolute atomic E-state index is 0.130. The molecule has 7 heteroatoms. The van der Waals surface area contributed by atoms with Crippen molar-refractivity contribution in [3.63, 3.8) is 0 Å². The number of aryl methyl sites for hydroxylation is 1. The molecule has 0 spiro atoms. The number of para-hydroxylation sites is 1. The van der Waals surface area contributed by atoms with Gasteiger partial charge < -0.3 is 10.1 Å². The van der Waals surface area contributed by atoms with Crippen LogP contribution >= 0.6 is 23.2 Å². The van der Waals surface area contributed by atoms with Gasteiger partial charge in [-0.15, -0.1) is 0 Å². The van der Waals surface area contributed by atoms with Gasteiger partial charge in [-0.1, -0.05) is 35.3 Å². The van der Waals surface area contributed by atoms with Gasteiger partial charge in [-0.05, 0) is 43.3 Å². The summed E-state index contributed by atoms with van der Waals surface area (Å²) in [6.07, 6.45) is 1.40. The minimum atomic E-state index is -0.407. The lowest BCUT2D eigenvalue weighted by molar-refractivity contribution is 0.102. The maximum atomic E-state index is 12.3. The molecule has 1 amide bonds. The fourth-order valence-corrected chi connectivity index (χ4v) is 2.42. The minimum Gasteiger partial charge on any atom is -0.456 e. The van der Waals surface area contributed by atoms with Crippen LogP contribution in [0.1, 0.15) is 16.3 Å². The molecule has 3 aromatic rings. The van der Waals surface area contributed by atoms with Crippen LogP contribution in [0.4, 0.5) is 5.69 Å². The summed E-state index contributed by atoms with van der Waals surface area (Å²) in [5.41, 5.74) is 0.717. The van der Waals surface area contributed by atoms with Gasteiger partial charge in [0.2, 0.25) is 0 Å². The Morgan fingerprint density at radius 2 is 1.76 bits per heavy atom. The standard InChI is InChI=1S/C18H13Cl2N3O2/c1-11-21-10-15(20)17(22-11)18(24)23-12-6-8-13(9-7-12)25-16-5-3-2-4-14(16)19/h2-10H,1H3,(H,23,24). The number of nitrogens with zero attached hydrogens (tertiary/aromatic N) is 2. The van der Waals surface area contributed by atoms with Crippen molar-refractivity contribution in [3.8, 4) is 11.5 Å². The van der Waals surface area contributed by atoms with Gasteiger partial charge in [-0.25, -0.2) is 9.97 Å². The number of rotatable bonds is 4. The summed E-state index contributed by atoms with van der Waals surface area (Å²) in [5, 5.41) is 3.45. The van der Waals surface area contributed by atoms with Gasteiger partial charge in [0.15, 0.2) is 5.69 Å². The van der Waals surface area contributed by atoms with Crippen LogP contribution in [0.25, 0.3) is 0 Å². The molecular weight excluding hydrogens is 361 g/mol. The van der Waals surface area contributed by atoms with Crippen LogP contribution in [0, 0.1) is 6.92 Å². The van der Waals surface area contributed by atoms with Gasteiger partial charge >= 0.3 is 0 Å². The molecule has 0 aliphatic carbocycles. The van der Waals surface area contributed by atoms with Gasteiger partial charge in [0.25, 0.3) is 5.91 Å². The van der Waals surface area contributed by atoms with E-state index in [2.05, 4.69) is 15.3 Å². The Balaban J connectivity index is 1.71. The quantitative estimate of drug-likeness (QED) is 0.687. The molecule has 0 aliphatic heterocycles. The number of nitrogens with one attached hydrogen (secondary N) is 1. The van der Waals surface area contributed by atoms with Gasteiger partial charge in [-0.2, -0.15) is 0 Å². The van der Waals surface area contributed by atoms with Crippen LogP contribution in [0.5, 0.6) is 11.5 Å². The third-order valence-corrected chi connectivity index (χ3v) is 3.85. The molecule has 0 atom stereocenters. The highest BCUT2D eigenvalue weighted by atomic mass is 35.5. The van der Waals surface area contributed by atoms with Crippen molar-refractivity contribution in [1.29, 1.82) is 0 Å². The largest absolute Gasteiger partial charge is 0.456 e. The van der Waals surface area contributed by atoms with E-state index in [1.165, 1.54) is 6.20 Å². The number of anilines is 1. The summed E-state index contributed by atoms with van der Waals surface area (Å²) in [7, 11) is 0. The van der Waals surface area contributed by atoms with Crippen LogP contribution in [-0.2, 0) is 0 Å². The number of hydrogen-bond acceptors (Lipinski definition) is 4. The molecule has 0 bridgehead atoms. The van der Waals surface area contributed by atoms with E-state index in [-0.39, 0.29) is 10.7 Å². The van der Waals surface area contributed by atoms with Gasteiger partial charge in [0.05, 0.1) is 16.2 Å². The van der Waals surface area contributed by atoms with E-state index >= 15 is 0 Å². The molecule has 5 nitrogen and oxygen atoms in total. The Morgan fingerprint density at radius 3 is 2.48 bits per heavy atom. The second kappa shape index (κ2) is 7.51. The molecule has 0 aliphatic rings. The second-order valence-electron chi connectivity index (χ2n) is 5.12. The van der Waals surface area contributed by atoms with E-state index in [1.54, 1.807) is 43.3 Å². The van der Waals surface area contributed by atoms with Crippen molar-refractivity contribution < 1.29 is 9.53 Å². The van der Waals surface area contributed by atoms with E-state index in [0.717, 1.165) is 0 Å². The van der Waals surface area contributed by atoms with Gasteiger partial charge in [0, 0.05) is 5.69 Å². The average molecular weight is 374 g/mol. The summed E-state index contributed by atoms with van der Waals surface area (Å²) in [6.45, 7) is 1.69. The van der Waals surface area contributed by atoms with E-state index in [4.69, 9.17) is 27.9 Å². The molecule has 0 saturated carbocycles. The first-order chi connectivity index (χ1) is 12.0. The number of benzene rings is 2. The van der Waals surface area contributed by atoms with Crippen LogP contribution in [-0.4, -0.2) is 15.9 Å². The second-order valence-corrected chi connectivity index (χ2v) is 5.94. The van der Waals surface area contributed by atoms with E-state index < -0.39 is 5.91 Å². The van der Waals surface area contributed by atoms with Crippen molar-refractivity contribution in [3.05, 3.63) is 76.3 Å². The molecular formula is C18H13Cl2N3O2. The highest BCUT2D eigenvalue weighted by Gasteiger charge is 2.13. The predicted molar refractivity (Wildman–Crippen MR) is 97.7 cm³/mol. The molecule has 0 saturated heterocycles. The molecule has 1 heterocycles. The lowest BCUT2D eigenvalue weighted by Gasteiger charge is -2.09. The van der Waals surface area contributed by atoms with Crippen LogP contribution in [0.2, 0.25) is 10.0 Å². The van der Waals surface area contributed by atoms with Crippen molar-refractivity contribution in [2.45, 2.75) is 6.92 Å². The first-order valence-electron chi connectivity index (χ1n) is 7.36. The molecule has 3 rings (SSSR count). The zero-order valence-corrected chi connectivity index (χ0v) is 14.7. The maximum Gasteiger partial charge on any atom is 0.275 e. The predicted octanol–water partition coefficient (Wildman–Crippen LogP) is 5.14. The number of ether oxygens (including phenoxy) is 1. The Bertz CT molecular complexity index is 914. The fraction of sp³-hybridized carbons (Fsp3) is 0.0556. The monoisotopic (exact) mass is 373 g/mol. The number of amides is 1. The van der Waals surface area contributed by atoms with E-state index in [0.29, 0.717) is 28.0 Å². The normalized spacial score (nSPS) is 10.4. The molecule has 25 heavy (non-hydrogen) atoms. The highest BCUT2D eigenvalue weighted by Crippen LogP contribution is 2.29. The summed E-state index contributed by atoms with van der Waals surface area (Å²) in [6, 6.07) is 14.1. The molecule has 1 N–H and O–H groups in total. The number of carbonyl (C=O) groups is 1. The zero-order valence-electron chi connectivity index (χ0n) is 13.2. The number of halogens is 2. The summed E-state index contributed by atoms with van der Waals surface area (Å²) in [4.78, 5) is 20.3. The third-order valence-electron chi connectivity index (χ3n) is 3.26. The number of aromatic nitrogens is 2. The molecule has 0 radical (unpaired) electrons. The van der Waals surface area contributed by atoms with Gasteiger partial charge in [-0.3, -0.25) is 4.79 Å². The number of carbonyl (C=O) groups excluding carboxylic acids is 1. The first-order valence-corrected chi connectivity index (χ1v) is 8.11. The van der Waals surface area contributed by atoms with Crippen molar-refractivity contribution >= 4 is 34.8 Å². The summed E-state index contributed by atoms with van der Waals surface area (Å²) in [5.74, 6) is 1.22. The molecule has 1 aromatic heterocycles. The molecule has 0 unspecified atom stereocenters. The molecule has 0 fully saturated rings. The van der Waals surface area contributed by atoms with Crippen LogP contribution in [0.15, 0.2) is 54.7 Å². The fourth-order valence-electron chi connectivity index (χ4n) is 2.07. The maximum absolute atomic E-state index is 12.3. The van der Waals surface area contributed by atoms with E-state index in [9.17, 15) is 4.79 Å². The zero-order chi connectivity index (χ0) is 17.8. The average Bonchev–Trinajstić information content (AvgIpc) is 2.60. The highest BCUT2D eigenvalue weighted by molar-refractivity contribution is 6.34. The molecule has 126 valence electrons. The Hall–Kier alpha value is -2.63. The van der Waals surface area contributed by atoms with Gasteiger partial charge in [0.1, 0.15) is 17.3 Å². The van der Waals surface area contributed by atoms with Crippen molar-refractivity contribution in [2.24, 2.45) is 0 Å². The Kier molecular flexibility index (Phi) is 5.16. The lowest BCUT2D eigenvalue weighted by atomic mass is 10.2. The molecule has 2 aromatic carbocycles. The summed E-state index contributed by atoms with van der Waals surface area (Å²) >= 11 is 12.0. The SMILES string of the molecule is Cc1ncc(Cl)c(C(=O)Nc2ccc(Oc3ccccc3Cl)cc2)n1. The Morgan fingerprint density at radius 1 is 1.04 bits per heavy atom. The smallest absolute Gasteiger partial charge is 0.275 e. The van der Waals surface area contributed by atoms with Crippen molar-refractivity contribution in [1.82, 2.24) is 9.97 Å². The Labute approximate surface area is 154 Å². The third kappa shape index (κ3) is 4.26. The first kappa shape index (κ1) is 17.2. The topological polar surface area (TPSA) is 64.1 Å². The van der Waals surface area contributed by atoms with Crippen LogP contribution in [0.3, 0.4) is 0 Å². The van der Waals surface area contributed by atoms with Crippen LogP contribution < -0.4 is 10.1 Å². The summed E-state index contributed by atoms with van der Waals surface area (Å²) < 4.78 is 5.70. The van der Waals surface area contributed by atoms with Crippen molar-refractivity contribution in [2.75, 3.05) is 5.32 Å². The number of hydrogen-bond donors (Lipinski definition) is 1.